The molecule has 16 heavy (non-hydrogen) atoms. The van der Waals surface area contributed by atoms with Crippen LogP contribution in [-0.2, 0) is 6.42 Å². The Morgan fingerprint density at radius 3 is 2.88 bits per heavy atom. The van der Waals surface area contributed by atoms with E-state index in [1.807, 2.05) is 25.1 Å². The van der Waals surface area contributed by atoms with Crippen LogP contribution in [0.25, 0.3) is 0 Å². The van der Waals surface area contributed by atoms with E-state index in [1.54, 1.807) is 0 Å². The number of rotatable bonds is 3. The lowest BCUT2D eigenvalue weighted by Gasteiger charge is -2.26. The first-order chi connectivity index (χ1) is 7.77. The Bertz CT molecular complexity index is 348. The Morgan fingerprint density at radius 1 is 1.38 bits per heavy atom. The molecule has 88 valence electrons. The predicted octanol–water partition coefficient (Wildman–Crippen LogP) is 0.0761. The van der Waals surface area contributed by atoms with E-state index in [0.29, 0.717) is 0 Å². The van der Waals surface area contributed by atoms with Crippen molar-refractivity contribution in [3.05, 3.63) is 34.8 Å². The van der Waals surface area contributed by atoms with Gasteiger partial charge < -0.3 is 15.4 Å². The number of hydrogen-bond donors (Lipinski definition) is 1. The monoisotopic (exact) mass is 221 g/mol. The van der Waals surface area contributed by atoms with Crippen LogP contribution in [0.1, 0.15) is 11.4 Å². The van der Waals surface area contributed by atoms with Gasteiger partial charge in [0.25, 0.3) is 0 Å². The van der Waals surface area contributed by atoms with Gasteiger partial charge in [-0.3, -0.25) is 0 Å². The van der Waals surface area contributed by atoms with E-state index in [2.05, 4.69) is 10.2 Å². The zero-order chi connectivity index (χ0) is 11.4. The van der Waals surface area contributed by atoms with Crippen molar-refractivity contribution in [2.24, 2.45) is 0 Å². The Labute approximate surface area is 96.5 Å². The second kappa shape index (κ2) is 5.27. The molecule has 2 heterocycles. The normalized spacial score (nSPS) is 17.6. The fraction of sp³-hybridized carbons (Fsp3) is 0.583. The molecule has 4 nitrogen and oxygen atoms in total. The van der Waals surface area contributed by atoms with E-state index < -0.39 is 0 Å². The van der Waals surface area contributed by atoms with Gasteiger partial charge in [0.05, 0.1) is 0 Å². The highest BCUT2D eigenvalue weighted by Gasteiger charge is 2.12. The van der Waals surface area contributed by atoms with Crippen LogP contribution in [0.3, 0.4) is 0 Å². The minimum absolute atomic E-state index is 0.776. The molecule has 0 amide bonds. The van der Waals surface area contributed by atoms with Gasteiger partial charge in [0, 0.05) is 58.2 Å². The summed E-state index contributed by atoms with van der Waals surface area (Å²) in [6.07, 6.45) is 0.838. The SMILES string of the molecule is Cc1cccc(CCN2CCNCC2)[n+]1[O-]. The smallest absolute Gasteiger partial charge is 0.194 e. The van der Waals surface area contributed by atoms with Crippen molar-refractivity contribution < 1.29 is 4.73 Å². The minimum Gasteiger partial charge on any atom is -0.618 e. The molecule has 0 radical (unpaired) electrons. The third-order valence-corrected chi connectivity index (χ3v) is 3.10. The topological polar surface area (TPSA) is 42.2 Å². The zero-order valence-corrected chi connectivity index (χ0v) is 9.78. The molecule has 1 aromatic heterocycles. The van der Waals surface area contributed by atoms with E-state index in [0.717, 1.165) is 55.3 Å². The van der Waals surface area contributed by atoms with Crippen molar-refractivity contribution in [2.75, 3.05) is 32.7 Å². The van der Waals surface area contributed by atoms with E-state index >= 15 is 0 Å². The van der Waals surface area contributed by atoms with Gasteiger partial charge in [0.15, 0.2) is 11.4 Å². The molecular weight excluding hydrogens is 202 g/mol. The van der Waals surface area contributed by atoms with E-state index in [1.165, 1.54) is 0 Å². The second-order valence-corrected chi connectivity index (χ2v) is 4.29. The first kappa shape index (κ1) is 11.4. The molecule has 0 aromatic carbocycles. The molecule has 4 heteroatoms. The van der Waals surface area contributed by atoms with Gasteiger partial charge in [-0.25, -0.2) is 0 Å². The number of nitrogens with one attached hydrogen (secondary N) is 1. The summed E-state index contributed by atoms with van der Waals surface area (Å²) in [5, 5.41) is 15.1. The third-order valence-electron chi connectivity index (χ3n) is 3.10. The van der Waals surface area contributed by atoms with Crippen LogP contribution in [0.5, 0.6) is 0 Å². The fourth-order valence-corrected chi connectivity index (χ4v) is 2.05. The largest absolute Gasteiger partial charge is 0.618 e. The van der Waals surface area contributed by atoms with Gasteiger partial charge in [-0.1, -0.05) is 0 Å². The molecule has 0 unspecified atom stereocenters. The lowest BCUT2D eigenvalue weighted by molar-refractivity contribution is -0.620. The van der Waals surface area contributed by atoms with Crippen LogP contribution >= 0.6 is 0 Å². The molecule has 0 bridgehead atoms. The Hall–Kier alpha value is -1.13. The molecule has 1 saturated heterocycles. The average molecular weight is 221 g/mol. The summed E-state index contributed by atoms with van der Waals surface area (Å²) in [4.78, 5) is 2.40. The number of aromatic nitrogens is 1. The van der Waals surface area contributed by atoms with E-state index in [-0.39, 0.29) is 0 Å². The van der Waals surface area contributed by atoms with Gasteiger partial charge >= 0.3 is 0 Å². The summed E-state index contributed by atoms with van der Waals surface area (Å²) < 4.78 is 1.04. The summed E-state index contributed by atoms with van der Waals surface area (Å²) in [5.74, 6) is 0. The quantitative estimate of drug-likeness (QED) is 0.580. The zero-order valence-electron chi connectivity index (χ0n) is 9.78. The number of hydrogen-bond acceptors (Lipinski definition) is 3. The standard InChI is InChI=1S/C12H19N3O/c1-11-3-2-4-12(15(11)16)5-8-14-9-6-13-7-10-14/h2-4,13H,5-10H2,1H3. The highest BCUT2D eigenvalue weighted by molar-refractivity contribution is 5.03. The van der Waals surface area contributed by atoms with Crippen molar-refractivity contribution in [1.29, 1.82) is 0 Å². The summed E-state index contributed by atoms with van der Waals surface area (Å²) in [6.45, 7) is 7.13. The first-order valence-electron chi connectivity index (χ1n) is 5.88. The van der Waals surface area contributed by atoms with Gasteiger partial charge in [0.1, 0.15) is 0 Å². The van der Waals surface area contributed by atoms with Crippen molar-refractivity contribution in [3.8, 4) is 0 Å². The van der Waals surface area contributed by atoms with E-state index in [4.69, 9.17) is 0 Å². The van der Waals surface area contributed by atoms with E-state index in [9.17, 15) is 5.21 Å². The van der Waals surface area contributed by atoms with Crippen molar-refractivity contribution in [1.82, 2.24) is 10.2 Å². The van der Waals surface area contributed by atoms with Crippen molar-refractivity contribution >= 4 is 0 Å². The molecule has 1 aromatic rings. The summed E-state index contributed by atoms with van der Waals surface area (Å²) in [7, 11) is 0. The molecule has 0 aliphatic carbocycles. The third kappa shape index (κ3) is 2.71. The van der Waals surface area contributed by atoms with Gasteiger partial charge in [-0.05, 0) is 6.07 Å². The summed E-state index contributed by atoms with van der Waals surface area (Å²) >= 11 is 0. The molecular formula is C12H19N3O. The van der Waals surface area contributed by atoms with Crippen LogP contribution < -0.4 is 10.0 Å². The molecule has 1 N–H and O–H groups in total. The number of nitrogens with zero attached hydrogens (tertiary/aromatic N) is 2. The maximum Gasteiger partial charge on any atom is 0.194 e. The van der Waals surface area contributed by atoms with Crippen LogP contribution in [0.4, 0.5) is 0 Å². The summed E-state index contributed by atoms with van der Waals surface area (Å²) in [6, 6.07) is 5.72. The molecule has 1 aliphatic rings. The van der Waals surface area contributed by atoms with Gasteiger partial charge in [-0.15, -0.1) is 0 Å². The highest BCUT2D eigenvalue weighted by atomic mass is 16.5. The maximum absolute atomic E-state index is 11.7. The molecule has 0 spiro atoms. The molecule has 0 saturated carbocycles. The first-order valence-corrected chi connectivity index (χ1v) is 5.88. The van der Waals surface area contributed by atoms with Crippen molar-refractivity contribution in [3.63, 3.8) is 0 Å². The van der Waals surface area contributed by atoms with Gasteiger partial charge in [-0.2, -0.15) is 4.73 Å². The molecule has 2 rings (SSSR count). The van der Waals surface area contributed by atoms with Gasteiger partial charge in [0.2, 0.25) is 0 Å². The highest BCUT2D eigenvalue weighted by Crippen LogP contribution is 2.00. The molecule has 1 fully saturated rings. The van der Waals surface area contributed by atoms with Crippen LogP contribution in [0.15, 0.2) is 18.2 Å². The Kier molecular flexibility index (Phi) is 3.74. The molecule has 0 atom stereocenters. The number of aryl methyl sites for hydroxylation is 1. The van der Waals surface area contributed by atoms with Crippen LogP contribution in [-0.4, -0.2) is 37.6 Å². The number of pyridine rings is 1. The predicted molar refractivity (Wildman–Crippen MR) is 63.2 cm³/mol. The molecule has 1 aliphatic heterocycles. The summed E-state index contributed by atoms with van der Waals surface area (Å²) in [5.41, 5.74) is 1.65. The van der Waals surface area contributed by atoms with Crippen LogP contribution in [0.2, 0.25) is 0 Å². The lowest BCUT2D eigenvalue weighted by Crippen LogP contribution is -2.45. The maximum atomic E-state index is 11.7. The second-order valence-electron chi connectivity index (χ2n) is 4.29. The minimum atomic E-state index is 0.776. The lowest BCUT2D eigenvalue weighted by atomic mass is 10.2. The average Bonchev–Trinajstić information content (AvgIpc) is 2.32. The van der Waals surface area contributed by atoms with Crippen molar-refractivity contribution in [2.45, 2.75) is 13.3 Å². The Balaban J connectivity index is 1.91. The Morgan fingerprint density at radius 2 is 2.12 bits per heavy atom. The number of piperazine rings is 1. The fourth-order valence-electron chi connectivity index (χ4n) is 2.05. The van der Waals surface area contributed by atoms with Crippen LogP contribution in [0, 0.1) is 12.1 Å².